The predicted molar refractivity (Wildman–Crippen MR) is 116 cm³/mol. The van der Waals surface area contributed by atoms with Crippen LogP contribution in [0.15, 0.2) is 47.7 Å². The highest BCUT2D eigenvalue weighted by atomic mass is 35.5. The van der Waals surface area contributed by atoms with Gasteiger partial charge in [0.05, 0.1) is 14.2 Å². The number of benzene rings is 2. The third kappa shape index (κ3) is 3.80. The van der Waals surface area contributed by atoms with Crippen molar-refractivity contribution < 1.29 is 19.1 Å². The SMILES string of the molecule is COc1ccc([C@@H]2CC(=O)C3=C(C2)NC(=O)C[C@@H]3c2ccc(Cl)cc2Cl)cc1OC. The topological polar surface area (TPSA) is 64.6 Å². The number of nitrogens with one attached hydrogen (secondary N) is 1. The molecule has 1 aliphatic carbocycles. The largest absolute Gasteiger partial charge is 0.493 e. The molecule has 0 unspecified atom stereocenters. The molecule has 0 saturated carbocycles. The smallest absolute Gasteiger partial charge is 0.225 e. The van der Waals surface area contributed by atoms with Crippen LogP contribution in [-0.2, 0) is 9.59 Å². The molecular formula is C23H21Cl2NO4. The molecule has 5 nitrogen and oxygen atoms in total. The Morgan fingerprint density at radius 3 is 2.40 bits per heavy atom. The fourth-order valence-electron chi connectivity index (χ4n) is 4.35. The molecule has 1 N–H and O–H groups in total. The lowest BCUT2D eigenvalue weighted by Gasteiger charge is -2.35. The van der Waals surface area contributed by atoms with Gasteiger partial charge in [0.15, 0.2) is 17.3 Å². The van der Waals surface area contributed by atoms with Crippen LogP contribution in [0.25, 0.3) is 0 Å². The number of carbonyl (C=O) groups excluding carboxylic acids is 2. The average molecular weight is 446 g/mol. The van der Waals surface area contributed by atoms with Crippen molar-refractivity contribution in [1.82, 2.24) is 5.32 Å². The molecule has 2 atom stereocenters. The minimum atomic E-state index is -0.364. The van der Waals surface area contributed by atoms with E-state index in [2.05, 4.69) is 5.32 Å². The van der Waals surface area contributed by atoms with E-state index in [0.29, 0.717) is 45.7 Å². The van der Waals surface area contributed by atoms with Crippen LogP contribution in [0, 0.1) is 0 Å². The van der Waals surface area contributed by atoms with Crippen molar-refractivity contribution in [1.29, 1.82) is 0 Å². The first-order valence-corrected chi connectivity index (χ1v) is 10.4. The monoisotopic (exact) mass is 445 g/mol. The minimum Gasteiger partial charge on any atom is -0.493 e. The summed E-state index contributed by atoms with van der Waals surface area (Å²) >= 11 is 12.4. The van der Waals surface area contributed by atoms with E-state index in [1.807, 2.05) is 18.2 Å². The van der Waals surface area contributed by atoms with Crippen LogP contribution in [-0.4, -0.2) is 25.9 Å². The molecule has 156 valence electrons. The maximum absolute atomic E-state index is 13.2. The fourth-order valence-corrected chi connectivity index (χ4v) is 4.89. The van der Waals surface area contributed by atoms with Crippen molar-refractivity contribution in [2.45, 2.75) is 31.1 Å². The fraction of sp³-hybridized carbons (Fsp3) is 0.304. The maximum Gasteiger partial charge on any atom is 0.225 e. The lowest BCUT2D eigenvalue weighted by Crippen LogP contribution is -2.38. The van der Waals surface area contributed by atoms with Crippen molar-refractivity contribution >= 4 is 34.9 Å². The number of methoxy groups -OCH3 is 2. The van der Waals surface area contributed by atoms with Crippen molar-refractivity contribution in [3.63, 3.8) is 0 Å². The number of allylic oxidation sites excluding steroid dienone is 2. The number of rotatable bonds is 4. The lowest BCUT2D eigenvalue weighted by atomic mass is 9.73. The number of amides is 1. The molecule has 0 aromatic heterocycles. The Morgan fingerprint density at radius 2 is 1.70 bits per heavy atom. The molecule has 0 fully saturated rings. The summed E-state index contributed by atoms with van der Waals surface area (Å²) in [5.74, 6) is 0.721. The predicted octanol–water partition coefficient (Wildman–Crippen LogP) is 5.01. The first-order chi connectivity index (χ1) is 14.4. The normalized spacial score (nSPS) is 21.2. The molecule has 2 aromatic carbocycles. The minimum absolute atomic E-state index is 0.0204. The van der Waals surface area contributed by atoms with Crippen LogP contribution in [0.3, 0.4) is 0 Å². The van der Waals surface area contributed by atoms with Crippen molar-refractivity contribution in [3.8, 4) is 11.5 Å². The van der Waals surface area contributed by atoms with Gasteiger partial charge in [0.1, 0.15) is 0 Å². The van der Waals surface area contributed by atoms with Crippen molar-refractivity contribution in [3.05, 3.63) is 68.8 Å². The van der Waals surface area contributed by atoms with Gasteiger partial charge in [-0.05, 0) is 47.7 Å². The number of ether oxygens (including phenoxy) is 2. The quantitative estimate of drug-likeness (QED) is 0.717. The summed E-state index contributed by atoms with van der Waals surface area (Å²) < 4.78 is 10.7. The van der Waals surface area contributed by atoms with Crippen LogP contribution in [0.2, 0.25) is 10.0 Å². The molecule has 1 heterocycles. The standard InChI is InChI=1S/C23H21Cl2NO4/c1-29-20-6-3-12(9-21(20)30-2)13-7-18-23(19(27)8-13)16(11-22(28)26-18)15-5-4-14(24)10-17(15)25/h3-6,9-10,13,16H,7-8,11H2,1-2H3,(H,26,28)/t13-,16+/m0/s1. The number of Topliss-reactive ketones (excluding diaryl/α,β-unsaturated/α-hetero) is 1. The van der Waals surface area contributed by atoms with Gasteiger partial charge in [0.2, 0.25) is 5.91 Å². The highest BCUT2D eigenvalue weighted by Gasteiger charge is 2.39. The Bertz CT molecular complexity index is 1060. The van der Waals surface area contributed by atoms with E-state index in [1.165, 1.54) is 0 Å². The molecule has 2 aliphatic rings. The number of halogens is 2. The number of hydrogen-bond acceptors (Lipinski definition) is 4. The van der Waals surface area contributed by atoms with Gasteiger partial charge in [-0.25, -0.2) is 0 Å². The Kier molecular flexibility index (Phi) is 5.76. The van der Waals surface area contributed by atoms with E-state index < -0.39 is 0 Å². The molecule has 0 spiro atoms. The van der Waals surface area contributed by atoms with E-state index in [9.17, 15) is 9.59 Å². The molecule has 2 aromatic rings. The highest BCUT2D eigenvalue weighted by Crippen LogP contribution is 2.45. The second-order valence-corrected chi connectivity index (χ2v) is 8.35. The zero-order valence-corrected chi connectivity index (χ0v) is 18.1. The summed E-state index contributed by atoms with van der Waals surface area (Å²) in [5.41, 5.74) is 3.05. The van der Waals surface area contributed by atoms with E-state index in [4.69, 9.17) is 32.7 Å². The summed E-state index contributed by atoms with van der Waals surface area (Å²) in [4.78, 5) is 25.7. The third-order valence-corrected chi connectivity index (χ3v) is 6.32. The molecule has 1 aliphatic heterocycles. The summed E-state index contributed by atoms with van der Waals surface area (Å²) in [5, 5.41) is 3.90. The van der Waals surface area contributed by atoms with Crippen LogP contribution in [0.5, 0.6) is 11.5 Å². The first-order valence-electron chi connectivity index (χ1n) is 9.64. The van der Waals surface area contributed by atoms with Crippen LogP contribution in [0.1, 0.15) is 42.2 Å². The summed E-state index contributed by atoms with van der Waals surface area (Å²) in [7, 11) is 3.16. The summed E-state index contributed by atoms with van der Waals surface area (Å²) in [6.45, 7) is 0. The van der Waals surface area contributed by atoms with E-state index in [1.54, 1.807) is 32.4 Å². The van der Waals surface area contributed by atoms with E-state index in [0.717, 1.165) is 11.1 Å². The molecule has 7 heteroatoms. The van der Waals surface area contributed by atoms with Gasteiger partial charge < -0.3 is 14.8 Å². The van der Waals surface area contributed by atoms with Crippen LogP contribution < -0.4 is 14.8 Å². The van der Waals surface area contributed by atoms with Gasteiger partial charge in [-0.15, -0.1) is 0 Å². The average Bonchev–Trinajstić information content (AvgIpc) is 2.72. The van der Waals surface area contributed by atoms with Gasteiger partial charge in [-0.2, -0.15) is 0 Å². The number of carbonyl (C=O) groups is 2. The number of ketones is 1. The summed E-state index contributed by atoms with van der Waals surface area (Å²) in [6.07, 6.45) is 1.10. The molecule has 1 amide bonds. The Balaban J connectivity index is 1.71. The molecule has 0 bridgehead atoms. The van der Waals surface area contributed by atoms with Crippen molar-refractivity contribution in [2.75, 3.05) is 14.2 Å². The van der Waals surface area contributed by atoms with Gasteiger partial charge in [0.25, 0.3) is 0 Å². The van der Waals surface area contributed by atoms with Gasteiger partial charge in [0, 0.05) is 40.1 Å². The zero-order chi connectivity index (χ0) is 21.4. The molecule has 0 radical (unpaired) electrons. The van der Waals surface area contributed by atoms with E-state index in [-0.39, 0.29) is 29.9 Å². The van der Waals surface area contributed by atoms with Gasteiger partial charge in [-0.1, -0.05) is 35.3 Å². The Hall–Kier alpha value is -2.50. The maximum atomic E-state index is 13.2. The Labute approximate surface area is 185 Å². The first kappa shape index (κ1) is 20.8. The number of hydrogen-bond donors (Lipinski definition) is 1. The molecule has 4 rings (SSSR count). The highest BCUT2D eigenvalue weighted by molar-refractivity contribution is 6.35. The Morgan fingerprint density at radius 1 is 0.933 bits per heavy atom. The van der Waals surface area contributed by atoms with Crippen LogP contribution in [0.4, 0.5) is 0 Å². The second kappa shape index (κ2) is 8.32. The van der Waals surface area contributed by atoms with E-state index >= 15 is 0 Å². The second-order valence-electron chi connectivity index (χ2n) is 7.51. The van der Waals surface area contributed by atoms with Crippen molar-refractivity contribution in [2.24, 2.45) is 0 Å². The van der Waals surface area contributed by atoms with Gasteiger partial charge >= 0.3 is 0 Å². The van der Waals surface area contributed by atoms with Crippen LogP contribution >= 0.6 is 23.2 Å². The zero-order valence-electron chi connectivity index (χ0n) is 16.6. The van der Waals surface area contributed by atoms with Gasteiger partial charge in [-0.3, -0.25) is 9.59 Å². The third-order valence-electron chi connectivity index (χ3n) is 5.75. The molecule has 30 heavy (non-hydrogen) atoms. The summed E-state index contributed by atoms with van der Waals surface area (Å²) in [6, 6.07) is 10.8. The lowest BCUT2D eigenvalue weighted by molar-refractivity contribution is -0.122. The molecular weight excluding hydrogens is 425 g/mol. The molecule has 0 saturated heterocycles.